The summed E-state index contributed by atoms with van der Waals surface area (Å²) in [5.74, 6) is 1.42. The van der Waals surface area contributed by atoms with Crippen LogP contribution in [0.1, 0.15) is 5.76 Å². The Balaban J connectivity index is 1.63. The summed E-state index contributed by atoms with van der Waals surface area (Å²) in [6.45, 7) is 1.89. The van der Waals surface area contributed by atoms with Crippen molar-refractivity contribution in [1.82, 2.24) is 24.9 Å². The number of nitrogens with one attached hydrogen (secondary N) is 1. The van der Waals surface area contributed by atoms with Crippen LogP contribution in [0.25, 0.3) is 55.8 Å². The molecule has 6 aromatic rings. The monoisotopic (exact) mass is 431 g/mol. The maximum atomic E-state index is 12.8. The Labute approximate surface area is 187 Å². The van der Waals surface area contributed by atoms with Crippen molar-refractivity contribution in [2.75, 3.05) is 0 Å². The van der Waals surface area contributed by atoms with Gasteiger partial charge in [0.05, 0.1) is 23.0 Å². The van der Waals surface area contributed by atoms with Crippen molar-refractivity contribution in [3.8, 4) is 33.8 Å². The first-order valence-corrected chi connectivity index (χ1v) is 10.4. The number of benzene rings is 1. The second-order valence-corrected chi connectivity index (χ2v) is 7.75. The molecule has 7 heteroatoms. The van der Waals surface area contributed by atoms with E-state index in [0.29, 0.717) is 28.4 Å². The standard InChI is InChI=1S/C26H17N5O2/c1-15-4-7-23(33-15)24-19(16-5-6-21-17(11-16)3-2-8-28-21)12-18-13-20(22-14-27-9-10-29-22)26(32)31-25(18)30-24/h2-14H,1H3,(H,30,31,32). The van der Waals surface area contributed by atoms with Crippen molar-refractivity contribution in [1.29, 1.82) is 0 Å². The van der Waals surface area contributed by atoms with E-state index in [1.54, 1.807) is 30.9 Å². The SMILES string of the molecule is Cc1ccc(-c2nc3[nH]c(=O)c(-c4cnccn4)cc3cc2-c2ccc3ncccc3c2)o1. The zero-order valence-corrected chi connectivity index (χ0v) is 17.6. The second kappa shape index (κ2) is 7.49. The van der Waals surface area contributed by atoms with Gasteiger partial charge in [-0.1, -0.05) is 12.1 Å². The van der Waals surface area contributed by atoms with Crippen LogP contribution in [-0.2, 0) is 0 Å². The van der Waals surface area contributed by atoms with Crippen molar-refractivity contribution < 1.29 is 4.42 Å². The van der Waals surface area contributed by atoms with Crippen LogP contribution in [-0.4, -0.2) is 24.9 Å². The van der Waals surface area contributed by atoms with E-state index in [-0.39, 0.29) is 5.56 Å². The van der Waals surface area contributed by atoms with Gasteiger partial charge in [0.2, 0.25) is 0 Å². The van der Waals surface area contributed by atoms with Crippen LogP contribution in [0.5, 0.6) is 0 Å². The first-order chi connectivity index (χ1) is 16.2. The van der Waals surface area contributed by atoms with Crippen molar-refractivity contribution in [2.24, 2.45) is 0 Å². The van der Waals surface area contributed by atoms with Gasteiger partial charge in [-0.3, -0.25) is 19.7 Å². The minimum Gasteiger partial charge on any atom is -0.460 e. The van der Waals surface area contributed by atoms with E-state index in [1.807, 2.05) is 49.4 Å². The lowest BCUT2D eigenvalue weighted by molar-refractivity contribution is 0.547. The number of furan rings is 1. The molecule has 0 spiro atoms. The third-order valence-electron chi connectivity index (χ3n) is 5.56. The minimum atomic E-state index is -0.276. The molecule has 33 heavy (non-hydrogen) atoms. The number of hydrogen-bond donors (Lipinski definition) is 1. The van der Waals surface area contributed by atoms with Gasteiger partial charge in [0, 0.05) is 34.9 Å². The summed E-state index contributed by atoms with van der Waals surface area (Å²) in [6.07, 6.45) is 6.49. The number of fused-ring (bicyclic) bond motifs is 2. The molecule has 0 aliphatic carbocycles. The van der Waals surface area contributed by atoms with Crippen LogP contribution in [0.4, 0.5) is 0 Å². The van der Waals surface area contributed by atoms with Crippen LogP contribution in [0, 0.1) is 6.92 Å². The van der Waals surface area contributed by atoms with Gasteiger partial charge >= 0.3 is 0 Å². The number of rotatable bonds is 3. The number of H-pyrrole nitrogens is 1. The molecule has 0 bridgehead atoms. The molecule has 158 valence electrons. The molecule has 6 rings (SSSR count). The van der Waals surface area contributed by atoms with Crippen LogP contribution < -0.4 is 5.56 Å². The van der Waals surface area contributed by atoms with Gasteiger partial charge in [-0.25, -0.2) is 4.98 Å². The molecule has 0 fully saturated rings. The first kappa shape index (κ1) is 19.1. The number of hydrogen-bond acceptors (Lipinski definition) is 6. The van der Waals surface area contributed by atoms with E-state index in [0.717, 1.165) is 33.2 Å². The number of pyridine rings is 3. The van der Waals surface area contributed by atoms with E-state index in [9.17, 15) is 4.79 Å². The number of nitrogens with zero attached hydrogens (tertiary/aromatic N) is 4. The molecule has 0 unspecified atom stereocenters. The Morgan fingerprint density at radius 1 is 0.879 bits per heavy atom. The summed E-state index contributed by atoms with van der Waals surface area (Å²) in [5, 5.41) is 1.81. The highest BCUT2D eigenvalue weighted by Gasteiger charge is 2.17. The Kier molecular flexibility index (Phi) is 4.33. The summed E-state index contributed by atoms with van der Waals surface area (Å²) < 4.78 is 5.91. The molecular formula is C26H17N5O2. The van der Waals surface area contributed by atoms with Gasteiger partial charge in [0.25, 0.3) is 5.56 Å². The zero-order chi connectivity index (χ0) is 22.4. The fourth-order valence-electron chi connectivity index (χ4n) is 3.98. The highest BCUT2D eigenvalue weighted by molar-refractivity contribution is 5.93. The highest BCUT2D eigenvalue weighted by Crippen LogP contribution is 2.35. The Hall–Kier alpha value is -4.65. The van der Waals surface area contributed by atoms with Crippen molar-refractivity contribution >= 4 is 21.9 Å². The molecule has 0 saturated heterocycles. The molecule has 5 heterocycles. The molecule has 0 aliphatic rings. The predicted octanol–water partition coefficient (Wildman–Crippen LogP) is 5.16. The molecule has 1 N–H and O–H groups in total. The van der Waals surface area contributed by atoms with Gasteiger partial charge in [0.1, 0.15) is 17.1 Å². The maximum Gasteiger partial charge on any atom is 0.259 e. The highest BCUT2D eigenvalue weighted by atomic mass is 16.3. The normalized spacial score (nSPS) is 11.3. The molecule has 0 saturated carbocycles. The average molecular weight is 431 g/mol. The van der Waals surface area contributed by atoms with E-state index in [4.69, 9.17) is 9.40 Å². The summed E-state index contributed by atoms with van der Waals surface area (Å²) in [7, 11) is 0. The molecule has 7 nitrogen and oxygen atoms in total. The molecule has 0 radical (unpaired) electrons. The van der Waals surface area contributed by atoms with Gasteiger partial charge in [-0.05, 0) is 55.0 Å². The topological polar surface area (TPSA) is 97.6 Å². The summed E-state index contributed by atoms with van der Waals surface area (Å²) in [6, 6.07) is 17.6. The minimum absolute atomic E-state index is 0.276. The molecule has 0 atom stereocenters. The van der Waals surface area contributed by atoms with Crippen LogP contribution in [0.15, 0.2) is 88.6 Å². The van der Waals surface area contributed by atoms with Gasteiger partial charge in [-0.2, -0.15) is 0 Å². The second-order valence-electron chi connectivity index (χ2n) is 7.75. The fraction of sp³-hybridized carbons (Fsp3) is 0.0385. The van der Waals surface area contributed by atoms with E-state index in [2.05, 4.69) is 26.0 Å². The quantitative estimate of drug-likeness (QED) is 0.415. The number of aryl methyl sites for hydroxylation is 1. The molecule has 5 aromatic heterocycles. The lowest BCUT2D eigenvalue weighted by atomic mass is 9.99. The number of aromatic nitrogens is 5. The van der Waals surface area contributed by atoms with Crippen LogP contribution in [0.2, 0.25) is 0 Å². The molecule has 0 amide bonds. The molecule has 1 aromatic carbocycles. The van der Waals surface area contributed by atoms with Gasteiger partial charge in [-0.15, -0.1) is 0 Å². The van der Waals surface area contributed by atoms with Crippen molar-refractivity contribution in [3.63, 3.8) is 0 Å². The lowest BCUT2D eigenvalue weighted by Gasteiger charge is -2.11. The molecular weight excluding hydrogens is 414 g/mol. The van der Waals surface area contributed by atoms with E-state index < -0.39 is 0 Å². The Bertz CT molecular complexity index is 1700. The fourth-order valence-corrected chi connectivity index (χ4v) is 3.98. The number of aromatic amines is 1. The van der Waals surface area contributed by atoms with Gasteiger partial charge in [0.15, 0.2) is 5.76 Å². The average Bonchev–Trinajstić information content (AvgIpc) is 3.29. The van der Waals surface area contributed by atoms with Crippen LogP contribution in [0.3, 0.4) is 0 Å². The third kappa shape index (κ3) is 3.36. The van der Waals surface area contributed by atoms with Gasteiger partial charge < -0.3 is 9.40 Å². The van der Waals surface area contributed by atoms with E-state index in [1.165, 1.54) is 0 Å². The molecule has 0 aliphatic heterocycles. The first-order valence-electron chi connectivity index (χ1n) is 10.4. The zero-order valence-electron chi connectivity index (χ0n) is 17.6. The summed E-state index contributed by atoms with van der Waals surface area (Å²) in [5.41, 5.74) is 4.57. The Morgan fingerprint density at radius 3 is 2.61 bits per heavy atom. The van der Waals surface area contributed by atoms with Crippen molar-refractivity contribution in [2.45, 2.75) is 6.92 Å². The van der Waals surface area contributed by atoms with Crippen molar-refractivity contribution in [3.05, 3.63) is 95.5 Å². The maximum absolute atomic E-state index is 12.8. The summed E-state index contributed by atoms with van der Waals surface area (Å²) >= 11 is 0. The third-order valence-corrected chi connectivity index (χ3v) is 5.56. The van der Waals surface area contributed by atoms with E-state index >= 15 is 0 Å². The lowest BCUT2D eigenvalue weighted by Crippen LogP contribution is -2.10. The van der Waals surface area contributed by atoms with Crippen LogP contribution >= 0.6 is 0 Å². The smallest absolute Gasteiger partial charge is 0.259 e. The largest absolute Gasteiger partial charge is 0.460 e. The summed E-state index contributed by atoms with van der Waals surface area (Å²) in [4.78, 5) is 33.3. The Morgan fingerprint density at radius 2 is 1.79 bits per heavy atom. The predicted molar refractivity (Wildman–Crippen MR) is 127 cm³/mol.